The van der Waals surface area contributed by atoms with Crippen LogP contribution >= 0.6 is 22.9 Å². The highest BCUT2D eigenvalue weighted by atomic mass is 35.5. The van der Waals surface area contributed by atoms with Crippen LogP contribution in [-0.4, -0.2) is 66.2 Å². The van der Waals surface area contributed by atoms with Crippen molar-refractivity contribution in [3.8, 4) is 0 Å². The number of halogens is 2. The number of fused-ring (bicyclic) bond motifs is 1. The first kappa shape index (κ1) is 35.1. The van der Waals surface area contributed by atoms with Crippen molar-refractivity contribution in [2.45, 2.75) is 100 Å². The lowest BCUT2D eigenvalue weighted by atomic mass is 9.32. The summed E-state index contributed by atoms with van der Waals surface area (Å²) in [6.07, 6.45) is 11.7. The number of hydrogen-bond donors (Lipinski definition) is 2. The van der Waals surface area contributed by atoms with Gasteiger partial charge in [-0.3, -0.25) is 4.79 Å². The number of sulfonamides is 1. The smallest absolute Gasteiger partial charge is 0.252 e. The van der Waals surface area contributed by atoms with E-state index < -0.39 is 43.8 Å². The molecule has 7 nitrogen and oxygen atoms in total. The van der Waals surface area contributed by atoms with Crippen LogP contribution in [0.1, 0.15) is 77.2 Å². The molecule has 2 heterocycles. The number of carbonyl (C=O) groups excluding carboxylic acids is 1. The van der Waals surface area contributed by atoms with Crippen molar-refractivity contribution >= 4 is 38.7 Å². The summed E-state index contributed by atoms with van der Waals surface area (Å²) in [5.74, 6) is -0.814. The van der Waals surface area contributed by atoms with E-state index in [4.69, 9.17) is 16.3 Å². The minimum absolute atomic E-state index is 0.0597. The number of rotatable bonds is 9. The largest absolute Gasteiger partial charge is 0.393 e. The molecule has 6 aliphatic carbocycles. The van der Waals surface area contributed by atoms with Crippen molar-refractivity contribution in [1.82, 2.24) is 4.31 Å². The minimum Gasteiger partial charge on any atom is -0.393 e. The highest BCUT2D eigenvalue weighted by Crippen LogP contribution is 2.78. The van der Waals surface area contributed by atoms with Gasteiger partial charge in [-0.25, -0.2) is 12.8 Å². The summed E-state index contributed by atoms with van der Waals surface area (Å²) in [4.78, 5) is 14.7. The third-order valence-electron chi connectivity index (χ3n) is 14.4. The van der Waals surface area contributed by atoms with Gasteiger partial charge in [-0.15, -0.1) is 11.3 Å². The highest BCUT2D eigenvalue weighted by molar-refractivity contribution is 7.91. The van der Waals surface area contributed by atoms with E-state index in [-0.39, 0.29) is 63.4 Å². The van der Waals surface area contributed by atoms with E-state index in [1.807, 2.05) is 0 Å². The summed E-state index contributed by atoms with van der Waals surface area (Å²) in [5.41, 5.74) is -2.77. The first-order chi connectivity index (χ1) is 23.7. The summed E-state index contributed by atoms with van der Waals surface area (Å²) in [6, 6.07) is 7.80. The van der Waals surface area contributed by atoms with Crippen LogP contribution in [0.3, 0.4) is 0 Å². The van der Waals surface area contributed by atoms with Crippen molar-refractivity contribution in [2.75, 3.05) is 19.7 Å². The molecule has 1 aromatic carbocycles. The fraction of sp³-hybridized carbons (Fsp3) is 0.615. The number of ether oxygens (including phenoxy) is 1. The van der Waals surface area contributed by atoms with Gasteiger partial charge in [0, 0.05) is 58.5 Å². The van der Waals surface area contributed by atoms with E-state index >= 15 is 4.39 Å². The number of Topliss-reactive ketones (excluding diaryl/α,β-unsaturated/α-hetero) is 1. The zero-order valence-corrected chi connectivity index (χ0v) is 31.1. The number of hydrogen-bond acceptors (Lipinski definition) is 7. The Morgan fingerprint density at radius 3 is 2.54 bits per heavy atom. The zero-order chi connectivity index (χ0) is 35.3. The van der Waals surface area contributed by atoms with Crippen molar-refractivity contribution in [3.05, 3.63) is 75.9 Å². The van der Waals surface area contributed by atoms with E-state index in [1.165, 1.54) is 27.8 Å². The summed E-state index contributed by atoms with van der Waals surface area (Å²) < 4.78 is 51.1. The molecule has 9 unspecified atom stereocenters. The van der Waals surface area contributed by atoms with Crippen LogP contribution in [-0.2, 0) is 26.0 Å². The van der Waals surface area contributed by atoms with E-state index in [0.29, 0.717) is 44.3 Å². The normalized spacial score (nSPS) is 40.4. The standard InChI is InChI=1S/C39H47ClFNO6S2/c1-35-13-10-25(43)21-37(35)16-17-39(28(22-37)31(44)20-27-29(40)7-3-8-30(27)41)32(35)11-14-36(2)33(39)12-15-38(36,45)24-42(23-26-6-4-18-48-26)50(46,47)34-9-5-19-49-34/h3,5,7-9,16-17,19,22,25-26,32-33,43,45H,4,6,10-15,18,20-21,23-24H2,1-2H3. The number of ketones is 1. The molecular formula is C39H47ClFNO6S2. The second kappa shape index (κ2) is 12.1. The van der Waals surface area contributed by atoms with Gasteiger partial charge >= 0.3 is 0 Å². The second-order valence-electron chi connectivity index (χ2n) is 16.5. The molecule has 2 N–H and O–H groups in total. The number of benzene rings is 1. The predicted octanol–water partition coefficient (Wildman–Crippen LogP) is 7.11. The highest BCUT2D eigenvalue weighted by Gasteiger charge is 2.74. The van der Waals surface area contributed by atoms with Crippen LogP contribution in [0.5, 0.6) is 0 Å². The van der Waals surface area contributed by atoms with Crippen LogP contribution < -0.4 is 0 Å². The summed E-state index contributed by atoms with van der Waals surface area (Å²) in [6.45, 7) is 5.12. The third-order valence-corrected chi connectivity index (χ3v) is 17.9. The SMILES string of the molecule is CC12CCC(O)CC13C=CC1(C(C(=O)Cc4c(F)cccc4Cl)=C3)C2CCC2(C)C1CCC2(O)CN(CC1CCCO1)S(=O)(=O)c1cccs1. The number of aliphatic hydroxyl groups is 2. The number of carbonyl (C=O) groups is 1. The van der Waals surface area contributed by atoms with E-state index in [9.17, 15) is 23.4 Å². The van der Waals surface area contributed by atoms with Crippen LogP contribution in [0, 0.1) is 39.3 Å². The minimum atomic E-state index is -3.91. The summed E-state index contributed by atoms with van der Waals surface area (Å²) >= 11 is 7.63. The Balaban J connectivity index is 1.21. The van der Waals surface area contributed by atoms with Gasteiger partial charge in [-0.1, -0.05) is 55.8 Å². The Kier molecular flexibility index (Phi) is 8.47. The van der Waals surface area contributed by atoms with Gasteiger partial charge < -0.3 is 14.9 Å². The molecule has 1 aromatic heterocycles. The maximum absolute atomic E-state index is 15.1. The van der Waals surface area contributed by atoms with Gasteiger partial charge in [-0.2, -0.15) is 4.31 Å². The Labute approximate surface area is 303 Å². The molecule has 0 amide bonds. The Hall–Kier alpha value is -1.92. The van der Waals surface area contributed by atoms with Crippen molar-refractivity contribution in [3.63, 3.8) is 0 Å². The van der Waals surface area contributed by atoms with Gasteiger partial charge in [0.15, 0.2) is 5.78 Å². The van der Waals surface area contributed by atoms with Gasteiger partial charge in [-0.05, 0) is 98.6 Å². The molecule has 3 saturated carbocycles. The molecule has 7 aliphatic rings. The van der Waals surface area contributed by atoms with E-state index in [2.05, 4.69) is 32.1 Å². The number of thiophene rings is 1. The molecule has 2 spiro atoms. The molecule has 2 aromatic rings. The molecule has 4 fully saturated rings. The van der Waals surface area contributed by atoms with Crippen molar-refractivity contribution < 1.29 is 32.6 Å². The van der Waals surface area contributed by atoms with Crippen LogP contribution in [0.4, 0.5) is 4.39 Å². The summed E-state index contributed by atoms with van der Waals surface area (Å²) in [7, 11) is -3.91. The quantitative estimate of drug-likeness (QED) is 0.266. The monoisotopic (exact) mass is 743 g/mol. The molecule has 9 rings (SSSR count). The first-order valence-corrected chi connectivity index (χ1v) is 20.8. The molecule has 11 heteroatoms. The predicted molar refractivity (Wildman–Crippen MR) is 191 cm³/mol. The fourth-order valence-electron chi connectivity index (χ4n) is 11.7. The average molecular weight is 744 g/mol. The lowest BCUT2D eigenvalue weighted by Gasteiger charge is -2.71. The van der Waals surface area contributed by atoms with Crippen LogP contribution in [0.15, 0.2) is 63.7 Å². The second-order valence-corrected chi connectivity index (χ2v) is 20.0. The van der Waals surface area contributed by atoms with Crippen LogP contribution in [0.2, 0.25) is 5.02 Å². The van der Waals surface area contributed by atoms with Crippen molar-refractivity contribution in [2.24, 2.45) is 33.5 Å². The Morgan fingerprint density at radius 2 is 1.82 bits per heavy atom. The average Bonchev–Trinajstić information content (AvgIpc) is 3.85. The van der Waals surface area contributed by atoms with E-state index in [0.717, 1.165) is 25.7 Å². The van der Waals surface area contributed by atoms with E-state index in [1.54, 1.807) is 23.6 Å². The fourth-order valence-corrected chi connectivity index (χ4v) is 14.6. The molecule has 1 aliphatic heterocycles. The zero-order valence-electron chi connectivity index (χ0n) is 28.7. The molecular weight excluding hydrogens is 697 g/mol. The Bertz CT molecular complexity index is 1840. The lowest BCUT2D eigenvalue weighted by molar-refractivity contribution is -0.177. The maximum Gasteiger partial charge on any atom is 0.252 e. The molecule has 0 radical (unpaired) electrons. The van der Waals surface area contributed by atoms with Crippen LogP contribution in [0.25, 0.3) is 0 Å². The number of aliphatic hydroxyl groups excluding tert-OH is 1. The van der Waals surface area contributed by atoms with Gasteiger partial charge in [0.25, 0.3) is 10.0 Å². The van der Waals surface area contributed by atoms with Crippen molar-refractivity contribution in [1.29, 1.82) is 0 Å². The molecule has 1 saturated heterocycles. The topological polar surface area (TPSA) is 104 Å². The Morgan fingerprint density at radius 1 is 1.06 bits per heavy atom. The lowest BCUT2D eigenvalue weighted by Crippen LogP contribution is -2.67. The van der Waals surface area contributed by atoms with Gasteiger partial charge in [0.05, 0.1) is 17.8 Å². The summed E-state index contributed by atoms with van der Waals surface area (Å²) in [5, 5.41) is 25.9. The van der Waals surface area contributed by atoms with Gasteiger partial charge in [0.2, 0.25) is 0 Å². The maximum atomic E-state index is 15.1. The first-order valence-electron chi connectivity index (χ1n) is 18.1. The third kappa shape index (κ3) is 4.91. The molecule has 50 heavy (non-hydrogen) atoms. The molecule has 2 bridgehead atoms. The molecule has 9 atom stereocenters. The number of nitrogens with zero attached hydrogens (tertiary/aromatic N) is 1. The molecule has 270 valence electrons. The number of allylic oxidation sites excluding steroid dienone is 4. The van der Waals surface area contributed by atoms with Gasteiger partial charge in [0.1, 0.15) is 10.0 Å².